The van der Waals surface area contributed by atoms with Crippen molar-refractivity contribution in [1.82, 2.24) is 15.0 Å². The van der Waals surface area contributed by atoms with Crippen molar-refractivity contribution in [3.63, 3.8) is 0 Å². The lowest BCUT2D eigenvalue weighted by molar-refractivity contribution is -0.132. The number of rotatable bonds is 4. The summed E-state index contributed by atoms with van der Waals surface area (Å²) in [6, 6.07) is 5.85. The molecular weight excluding hydrogens is 322 g/mol. The summed E-state index contributed by atoms with van der Waals surface area (Å²) in [6.45, 7) is 3.58. The molecule has 0 unspecified atom stereocenters. The lowest BCUT2D eigenvalue weighted by Gasteiger charge is -2.30. The van der Waals surface area contributed by atoms with Gasteiger partial charge in [0.05, 0.1) is 0 Å². The van der Waals surface area contributed by atoms with E-state index < -0.39 is 0 Å². The molecule has 0 saturated carbocycles. The first-order valence-electron chi connectivity index (χ1n) is 8.65. The molecule has 0 radical (unpaired) electrons. The molecule has 2 aliphatic heterocycles. The highest BCUT2D eigenvalue weighted by molar-refractivity contribution is 5.76. The number of nitrogens with zero attached hydrogens (tertiary/aromatic N) is 3. The number of hydrogen-bond acceptors (Lipinski definition) is 6. The molecule has 2 aliphatic rings. The lowest BCUT2D eigenvalue weighted by Crippen LogP contribution is -2.38. The number of amides is 1. The van der Waals surface area contributed by atoms with Gasteiger partial charge in [-0.25, -0.2) is 0 Å². The Labute approximate surface area is 145 Å². The first-order valence-corrected chi connectivity index (χ1v) is 8.65. The lowest BCUT2D eigenvalue weighted by atomic mass is 9.96. The van der Waals surface area contributed by atoms with Gasteiger partial charge in [0.25, 0.3) is 0 Å². The molecule has 2 aromatic rings. The number of ether oxygens (including phenoxy) is 2. The molecule has 0 spiro atoms. The number of aromatic nitrogens is 2. The van der Waals surface area contributed by atoms with Crippen LogP contribution in [0.3, 0.4) is 0 Å². The Bertz CT molecular complexity index is 765. The minimum Gasteiger partial charge on any atom is -0.454 e. The molecule has 1 aromatic heterocycles. The van der Waals surface area contributed by atoms with Gasteiger partial charge in [-0.15, -0.1) is 0 Å². The molecule has 7 heteroatoms. The molecule has 0 bridgehead atoms. The molecule has 0 atom stereocenters. The third-order valence-electron chi connectivity index (χ3n) is 4.80. The fourth-order valence-electron chi connectivity index (χ4n) is 3.36. The van der Waals surface area contributed by atoms with Crippen LogP contribution in [0, 0.1) is 6.92 Å². The van der Waals surface area contributed by atoms with Crippen molar-refractivity contribution in [1.29, 1.82) is 0 Å². The summed E-state index contributed by atoms with van der Waals surface area (Å²) < 4.78 is 15.9. The van der Waals surface area contributed by atoms with E-state index in [9.17, 15) is 4.79 Å². The maximum absolute atomic E-state index is 12.5. The zero-order valence-corrected chi connectivity index (χ0v) is 14.2. The van der Waals surface area contributed by atoms with E-state index in [1.165, 1.54) is 0 Å². The predicted octanol–water partition coefficient (Wildman–Crippen LogP) is 2.45. The number of piperidine rings is 1. The first kappa shape index (κ1) is 15.9. The van der Waals surface area contributed by atoms with Crippen LogP contribution in [0.2, 0.25) is 0 Å². The van der Waals surface area contributed by atoms with Crippen LogP contribution in [0.25, 0.3) is 0 Å². The summed E-state index contributed by atoms with van der Waals surface area (Å²) in [6.07, 6.45) is 2.96. The largest absolute Gasteiger partial charge is 0.454 e. The Morgan fingerprint density at radius 2 is 2.04 bits per heavy atom. The van der Waals surface area contributed by atoms with E-state index >= 15 is 0 Å². The van der Waals surface area contributed by atoms with Crippen LogP contribution < -0.4 is 9.47 Å². The Kier molecular flexibility index (Phi) is 4.29. The normalized spacial score (nSPS) is 17.1. The Balaban J connectivity index is 1.28. The molecule has 1 fully saturated rings. The summed E-state index contributed by atoms with van der Waals surface area (Å²) in [7, 11) is 0. The second-order valence-electron chi connectivity index (χ2n) is 6.52. The van der Waals surface area contributed by atoms with Crippen LogP contribution in [0.15, 0.2) is 22.7 Å². The standard InChI is InChI=1S/C18H21N3O4/c1-12-19-18(25-20-12)14-6-8-21(9-7-14)17(22)5-3-13-2-4-15-16(10-13)24-11-23-15/h2,4,10,14H,3,5-9,11H2,1H3. The van der Waals surface area contributed by atoms with Gasteiger partial charge in [0.1, 0.15) is 0 Å². The highest BCUT2D eigenvalue weighted by Crippen LogP contribution is 2.33. The van der Waals surface area contributed by atoms with Gasteiger partial charge in [-0.1, -0.05) is 11.2 Å². The Morgan fingerprint density at radius 3 is 2.80 bits per heavy atom. The van der Waals surface area contributed by atoms with E-state index in [4.69, 9.17) is 14.0 Å². The van der Waals surface area contributed by atoms with Crippen LogP contribution in [-0.2, 0) is 11.2 Å². The fraction of sp³-hybridized carbons (Fsp3) is 0.500. The van der Waals surface area contributed by atoms with Gasteiger partial charge >= 0.3 is 0 Å². The van der Waals surface area contributed by atoms with Crippen molar-refractivity contribution in [2.45, 2.75) is 38.5 Å². The van der Waals surface area contributed by atoms with Crippen molar-refractivity contribution in [3.05, 3.63) is 35.5 Å². The summed E-state index contributed by atoms with van der Waals surface area (Å²) in [5.74, 6) is 3.35. The second kappa shape index (κ2) is 6.74. The molecule has 0 aliphatic carbocycles. The van der Waals surface area contributed by atoms with Crippen molar-refractivity contribution >= 4 is 5.91 Å². The summed E-state index contributed by atoms with van der Waals surface area (Å²) in [4.78, 5) is 18.7. The summed E-state index contributed by atoms with van der Waals surface area (Å²) in [5.41, 5.74) is 1.09. The molecule has 1 amide bonds. The van der Waals surface area contributed by atoms with Crippen molar-refractivity contribution in [2.75, 3.05) is 19.9 Å². The number of carbonyl (C=O) groups is 1. The van der Waals surface area contributed by atoms with Gasteiger partial charge in [-0.2, -0.15) is 4.98 Å². The number of likely N-dealkylation sites (tertiary alicyclic amines) is 1. The number of aryl methyl sites for hydroxylation is 2. The quantitative estimate of drug-likeness (QED) is 0.848. The zero-order chi connectivity index (χ0) is 17.2. The van der Waals surface area contributed by atoms with E-state index in [1.807, 2.05) is 30.0 Å². The number of fused-ring (bicyclic) bond motifs is 1. The highest BCUT2D eigenvalue weighted by atomic mass is 16.7. The van der Waals surface area contributed by atoms with E-state index in [-0.39, 0.29) is 18.6 Å². The van der Waals surface area contributed by atoms with E-state index in [0.717, 1.165) is 43.0 Å². The molecule has 25 heavy (non-hydrogen) atoms. The SMILES string of the molecule is Cc1noc(C2CCN(C(=O)CCc3ccc4c(c3)OCO4)CC2)n1. The average molecular weight is 343 g/mol. The maximum Gasteiger partial charge on any atom is 0.231 e. The minimum atomic E-state index is 0.192. The van der Waals surface area contributed by atoms with E-state index in [2.05, 4.69) is 10.1 Å². The molecule has 132 valence electrons. The third kappa shape index (κ3) is 3.45. The average Bonchev–Trinajstić information content (AvgIpc) is 3.28. The smallest absolute Gasteiger partial charge is 0.231 e. The number of carbonyl (C=O) groups excluding carboxylic acids is 1. The van der Waals surface area contributed by atoms with Gasteiger partial charge in [-0.3, -0.25) is 4.79 Å². The third-order valence-corrected chi connectivity index (χ3v) is 4.80. The van der Waals surface area contributed by atoms with Gasteiger partial charge in [0, 0.05) is 25.4 Å². The van der Waals surface area contributed by atoms with Crippen LogP contribution in [0.1, 0.15) is 42.5 Å². The molecule has 0 N–H and O–H groups in total. The molecule has 4 rings (SSSR count). The summed E-state index contributed by atoms with van der Waals surface area (Å²) >= 11 is 0. The Morgan fingerprint density at radius 1 is 1.24 bits per heavy atom. The van der Waals surface area contributed by atoms with Crippen LogP contribution in [0.5, 0.6) is 11.5 Å². The van der Waals surface area contributed by atoms with Crippen LogP contribution in [0.4, 0.5) is 0 Å². The van der Waals surface area contributed by atoms with Gasteiger partial charge in [-0.05, 0) is 43.9 Å². The fourth-order valence-corrected chi connectivity index (χ4v) is 3.36. The summed E-state index contributed by atoms with van der Waals surface area (Å²) in [5, 5.41) is 3.85. The van der Waals surface area contributed by atoms with Crippen molar-refractivity contribution in [2.24, 2.45) is 0 Å². The second-order valence-corrected chi connectivity index (χ2v) is 6.52. The molecule has 7 nitrogen and oxygen atoms in total. The topological polar surface area (TPSA) is 77.7 Å². The predicted molar refractivity (Wildman–Crippen MR) is 88.5 cm³/mol. The zero-order valence-electron chi connectivity index (χ0n) is 14.2. The molecule has 1 aromatic carbocycles. The van der Waals surface area contributed by atoms with E-state index in [1.54, 1.807) is 0 Å². The van der Waals surface area contributed by atoms with Gasteiger partial charge in [0.2, 0.25) is 18.6 Å². The number of benzene rings is 1. The van der Waals surface area contributed by atoms with E-state index in [0.29, 0.717) is 24.6 Å². The van der Waals surface area contributed by atoms with Gasteiger partial charge in [0.15, 0.2) is 17.3 Å². The number of hydrogen-bond donors (Lipinski definition) is 0. The molecule has 3 heterocycles. The molecule has 1 saturated heterocycles. The van der Waals surface area contributed by atoms with Gasteiger partial charge < -0.3 is 18.9 Å². The minimum absolute atomic E-state index is 0.192. The maximum atomic E-state index is 12.5. The van der Waals surface area contributed by atoms with Crippen molar-refractivity contribution < 1.29 is 18.8 Å². The monoisotopic (exact) mass is 343 g/mol. The first-order chi connectivity index (χ1) is 12.2. The van der Waals surface area contributed by atoms with Crippen LogP contribution in [-0.4, -0.2) is 40.8 Å². The Hall–Kier alpha value is -2.57. The van der Waals surface area contributed by atoms with Crippen LogP contribution >= 0.6 is 0 Å². The van der Waals surface area contributed by atoms with Crippen molar-refractivity contribution in [3.8, 4) is 11.5 Å². The highest BCUT2D eigenvalue weighted by Gasteiger charge is 2.27. The molecular formula is C18H21N3O4.